The van der Waals surface area contributed by atoms with Crippen LogP contribution in [-0.2, 0) is 0 Å². The molecule has 29 heavy (non-hydrogen) atoms. The predicted octanol–water partition coefficient (Wildman–Crippen LogP) is 3.22. The molecule has 0 bridgehead atoms. The number of hydrogen-bond donors (Lipinski definition) is 3. The van der Waals surface area contributed by atoms with Gasteiger partial charge in [0.1, 0.15) is 5.56 Å². The summed E-state index contributed by atoms with van der Waals surface area (Å²) in [7, 11) is 0. The Morgan fingerprint density at radius 2 is 1.66 bits per heavy atom. The number of H-pyrrole nitrogens is 1. The summed E-state index contributed by atoms with van der Waals surface area (Å²) in [5, 5.41) is 17.0. The van der Waals surface area contributed by atoms with E-state index in [-0.39, 0.29) is 11.3 Å². The molecule has 0 saturated carbocycles. The molecule has 4 aromatic rings. The summed E-state index contributed by atoms with van der Waals surface area (Å²) in [5.74, 6) is -0.467. The number of anilines is 1. The maximum atomic E-state index is 12.4. The molecule has 0 spiro atoms. The van der Waals surface area contributed by atoms with Crippen LogP contribution in [0.5, 0.6) is 5.88 Å². The molecule has 3 N–H and O–H groups in total. The molecule has 0 aliphatic heterocycles. The highest BCUT2D eigenvalue weighted by molar-refractivity contribution is 6.01. The van der Waals surface area contributed by atoms with Gasteiger partial charge in [-0.25, -0.2) is 9.36 Å². The zero-order valence-corrected chi connectivity index (χ0v) is 15.6. The number of para-hydroxylation sites is 1. The van der Waals surface area contributed by atoms with Crippen LogP contribution in [0.4, 0.5) is 5.69 Å². The van der Waals surface area contributed by atoms with Crippen molar-refractivity contribution in [2.45, 2.75) is 6.92 Å². The van der Waals surface area contributed by atoms with Gasteiger partial charge < -0.3 is 5.11 Å². The smallest absolute Gasteiger partial charge is 0.335 e. The van der Waals surface area contributed by atoms with E-state index >= 15 is 0 Å². The summed E-state index contributed by atoms with van der Waals surface area (Å²) in [5.41, 5.74) is 2.87. The Balaban J connectivity index is 1.78. The Hall–Kier alpha value is -4.13. The Kier molecular flexibility index (Phi) is 4.70. The summed E-state index contributed by atoms with van der Waals surface area (Å²) in [6.45, 7) is 1.59. The number of benzene rings is 3. The molecule has 0 unspecified atom stereocenters. The first-order valence-corrected chi connectivity index (χ1v) is 8.98. The molecule has 0 aliphatic rings. The Bertz CT molecular complexity index is 1330. The van der Waals surface area contributed by atoms with E-state index in [1.807, 2.05) is 42.5 Å². The van der Waals surface area contributed by atoms with Gasteiger partial charge in [0.15, 0.2) is 0 Å². The number of aromatic hydroxyl groups is 1. The first-order valence-electron chi connectivity index (χ1n) is 8.98. The molecule has 0 saturated heterocycles. The maximum absolute atomic E-state index is 12.4. The quantitative estimate of drug-likeness (QED) is 0.370. The maximum Gasteiger partial charge on any atom is 0.335 e. The molecule has 0 amide bonds. The van der Waals surface area contributed by atoms with Gasteiger partial charge in [-0.3, -0.25) is 15.2 Å². The molecule has 144 valence electrons. The fourth-order valence-electron chi connectivity index (χ4n) is 3.19. The van der Waals surface area contributed by atoms with Crippen LogP contribution in [0.2, 0.25) is 0 Å². The zero-order valence-electron chi connectivity index (χ0n) is 15.6. The van der Waals surface area contributed by atoms with Crippen LogP contribution in [0.15, 0.2) is 87.5 Å². The summed E-state index contributed by atoms with van der Waals surface area (Å²) in [6, 6.07) is 22.1. The van der Waals surface area contributed by atoms with Crippen LogP contribution in [-0.4, -0.2) is 20.4 Å². The van der Waals surface area contributed by atoms with Gasteiger partial charge in [-0.1, -0.05) is 54.6 Å². The molecule has 4 rings (SSSR count). The first kappa shape index (κ1) is 18.2. The molecule has 7 heteroatoms. The first-order chi connectivity index (χ1) is 14.1. The molecule has 1 aromatic heterocycles. The summed E-state index contributed by atoms with van der Waals surface area (Å²) >= 11 is 0. The molecular weight excluding hydrogens is 368 g/mol. The molecular formula is C22H18N4O3. The van der Waals surface area contributed by atoms with E-state index < -0.39 is 17.1 Å². The van der Waals surface area contributed by atoms with Crippen molar-refractivity contribution < 1.29 is 5.11 Å². The normalized spacial score (nSPS) is 11.6. The number of aromatic amines is 1. The van der Waals surface area contributed by atoms with Gasteiger partial charge >= 0.3 is 5.69 Å². The van der Waals surface area contributed by atoms with E-state index in [9.17, 15) is 14.7 Å². The average molecular weight is 386 g/mol. The molecule has 0 aliphatic carbocycles. The van der Waals surface area contributed by atoms with Crippen molar-refractivity contribution in [2.75, 3.05) is 5.43 Å². The molecule has 1 heterocycles. The van der Waals surface area contributed by atoms with Crippen molar-refractivity contribution in [3.63, 3.8) is 0 Å². The summed E-state index contributed by atoms with van der Waals surface area (Å²) < 4.78 is 1.04. The minimum atomic E-state index is -0.725. The van der Waals surface area contributed by atoms with Gasteiger partial charge in [0, 0.05) is 5.39 Å². The van der Waals surface area contributed by atoms with Gasteiger partial charge in [-0.15, -0.1) is 0 Å². The minimum Gasteiger partial charge on any atom is -0.493 e. The van der Waals surface area contributed by atoms with Crippen LogP contribution in [0, 0.1) is 0 Å². The second-order valence-corrected chi connectivity index (χ2v) is 6.46. The lowest BCUT2D eigenvalue weighted by molar-refractivity contribution is 0.429. The second-order valence-electron chi connectivity index (χ2n) is 6.46. The molecule has 0 atom stereocenters. The second kappa shape index (κ2) is 7.47. The van der Waals surface area contributed by atoms with E-state index in [1.165, 1.54) is 0 Å². The SMILES string of the molecule is CC(=NNc1cccc2ccccc12)c1c(O)n(-c2ccccc2)c(=O)[nH]c1=O. The summed E-state index contributed by atoms with van der Waals surface area (Å²) in [6.07, 6.45) is 0. The molecule has 3 aromatic carbocycles. The van der Waals surface area contributed by atoms with Crippen molar-refractivity contribution in [1.82, 2.24) is 9.55 Å². The third-order valence-corrected chi connectivity index (χ3v) is 4.60. The minimum absolute atomic E-state index is 0.0822. The van der Waals surface area contributed by atoms with E-state index in [0.29, 0.717) is 5.69 Å². The van der Waals surface area contributed by atoms with E-state index in [2.05, 4.69) is 15.5 Å². The lowest BCUT2D eigenvalue weighted by Gasteiger charge is -2.12. The number of hydrogen-bond acceptors (Lipinski definition) is 5. The third kappa shape index (κ3) is 3.41. The van der Waals surface area contributed by atoms with Crippen molar-refractivity contribution in [3.8, 4) is 11.6 Å². The fourth-order valence-corrected chi connectivity index (χ4v) is 3.19. The highest BCUT2D eigenvalue weighted by Gasteiger charge is 2.18. The molecule has 0 fully saturated rings. The van der Waals surface area contributed by atoms with Crippen molar-refractivity contribution >= 4 is 22.2 Å². The van der Waals surface area contributed by atoms with Crippen LogP contribution in [0.25, 0.3) is 16.5 Å². The van der Waals surface area contributed by atoms with Gasteiger partial charge in [0.2, 0.25) is 5.88 Å². The standard InChI is InChI=1S/C22H18N4O3/c1-14(24-25-18-13-7-9-15-8-5-6-12-17(15)18)19-20(27)23-22(29)26(21(19)28)16-10-3-2-4-11-16/h2-13,25,28H,1H3,(H,23,27,29). The van der Waals surface area contributed by atoms with E-state index in [4.69, 9.17) is 0 Å². The number of nitrogens with zero attached hydrogens (tertiary/aromatic N) is 2. The number of nitrogens with one attached hydrogen (secondary N) is 2. The van der Waals surface area contributed by atoms with Crippen LogP contribution in [0.3, 0.4) is 0 Å². The third-order valence-electron chi connectivity index (χ3n) is 4.60. The zero-order chi connectivity index (χ0) is 20.4. The highest BCUT2D eigenvalue weighted by atomic mass is 16.3. The van der Waals surface area contributed by atoms with E-state index in [1.54, 1.807) is 37.3 Å². The fraction of sp³-hybridized carbons (Fsp3) is 0.0455. The number of fused-ring (bicyclic) bond motifs is 1. The van der Waals surface area contributed by atoms with Crippen molar-refractivity contribution in [3.05, 3.63) is 99.2 Å². The number of hydrazone groups is 1. The molecule has 0 radical (unpaired) electrons. The van der Waals surface area contributed by atoms with Gasteiger partial charge in [-0.2, -0.15) is 5.10 Å². The van der Waals surface area contributed by atoms with Gasteiger partial charge in [0.05, 0.1) is 17.1 Å². The Labute approximate surface area is 165 Å². The Morgan fingerprint density at radius 1 is 0.966 bits per heavy atom. The monoisotopic (exact) mass is 386 g/mol. The van der Waals surface area contributed by atoms with Crippen LogP contribution in [0.1, 0.15) is 12.5 Å². The lowest BCUT2D eigenvalue weighted by atomic mass is 10.1. The van der Waals surface area contributed by atoms with Crippen LogP contribution >= 0.6 is 0 Å². The van der Waals surface area contributed by atoms with Gasteiger partial charge in [-0.05, 0) is 30.5 Å². The topological polar surface area (TPSA) is 99.5 Å². The largest absolute Gasteiger partial charge is 0.493 e. The van der Waals surface area contributed by atoms with Crippen molar-refractivity contribution in [1.29, 1.82) is 0 Å². The number of aromatic nitrogens is 2. The number of rotatable bonds is 4. The predicted molar refractivity (Wildman–Crippen MR) is 114 cm³/mol. The van der Waals surface area contributed by atoms with E-state index in [0.717, 1.165) is 21.0 Å². The van der Waals surface area contributed by atoms with Gasteiger partial charge in [0.25, 0.3) is 5.56 Å². The summed E-state index contributed by atoms with van der Waals surface area (Å²) in [4.78, 5) is 26.9. The average Bonchev–Trinajstić information content (AvgIpc) is 2.72. The molecule has 7 nitrogen and oxygen atoms in total. The van der Waals surface area contributed by atoms with Crippen molar-refractivity contribution in [2.24, 2.45) is 5.10 Å². The van der Waals surface area contributed by atoms with Crippen LogP contribution < -0.4 is 16.7 Å². The lowest BCUT2D eigenvalue weighted by Crippen LogP contribution is -2.32. The highest BCUT2D eigenvalue weighted by Crippen LogP contribution is 2.23. The Morgan fingerprint density at radius 3 is 2.45 bits per heavy atom.